The molecule has 0 heterocycles. The summed E-state index contributed by atoms with van der Waals surface area (Å²) in [6.07, 6.45) is 5.86. The molecule has 0 fully saturated rings. The topological polar surface area (TPSA) is 79.2 Å². The third kappa shape index (κ3) is 4.98. The summed E-state index contributed by atoms with van der Waals surface area (Å²) >= 11 is 0. The van der Waals surface area contributed by atoms with Crippen LogP contribution in [-0.2, 0) is 8.83 Å². The molecular weight excluding hydrogens is 334 g/mol. The summed E-state index contributed by atoms with van der Waals surface area (Å²) in [6.45, 7) is 5.18. The van der Waals surface area contributed by atoms with E-state index in [9.17, 15) is 14.7 Å². The Bertz CT molecular complexity index is 652. The Morgan fingerprint density at radius 1 is 1.22 bits per heavy atom. The molecule has 130 valence electrons. The van der Waals surface area contributed by atoms with Crippen molar-refractivity contribution in [2.45, 2.75) is 26.2 Å². The molecule has 0 atom stereocenters. The fraction of sp³-hybridized carbons (Fsp3) is 0.438. The van der Waals surface area contributed by atoms with E-state index >= 15 is 0 Å². The first-order valence-electron chi connectivity index (χ1n) is 7.72. The van der Waals surface area contributed by atoms with Crippen LogP contribution in [0, 0.1) is 0 Å². The van der Waals surface area contributed by atoms with Crippen molar-refractivity contribution >= 4 is 26.2 Å². The van der Waals surface area contributed by atoms with Gasteiger partial charge in [-0.2, -0.15) is 0 Å². The van der Waals surface area contributed by atoms with Crippen molar-refractivity contribution in [2.75, 3.05) is 19.9 Å². The quantitative estimate of drug-likeness (QED) is 0.532. The predicted molar refractivity (Wildman–Crippen MR) is 98.5 cm³/mol. The molecule has 0 spiro atoms. The number of hydrogen-bond donors (Lipinski definition) is 3. The van der Waals surface area contributed by atoms with Crippen molar-refractivity contribution < 1.29 is 23.5 Å². The van der Waals surface area contributed by atoms with Crippen molar-refractivity contribution in [2.24, 2.45) is 0 Å². The number of fused-ring (bicyclic) bond motifs is 1. The average Bonchev–Trinajstić information content (AvgIpc) is 2.45. The van der Waals surface area contributed by atoms with Gasteiger partial charge in [0, 0.05) is 0 Å². The van der Waals surface area contributed by atoms with Crippen molar-refractivity contribution in [1.82, 2.24) is 0 Å². The minimum atomic E-state index is -4.05. The Morgan fingerprint density at radius 2 is 1.91 bits per heavy atom. The zero-order valence-corrected chi connectivity index (χ0v) is 15.6. The molecular formula is C16H26O5P2. The van der Waals surface area contributed by atoms with Crippen molar-refractivity contribution in [1.29, 1.82) is 0 Å². The van der Waals surface area contributed by atoms with Crippen LogP contribution in [0.4, 0.5) is 0 Å². The first kappa shape index (κ1) is 18.8. The maximum absolute atomic E-state index is 10.7. The van der Waals surface area contributed by atoms with Crippen LogP contribution in [0.1, 0.15) is 37.3 Å². The van der Waals surface area contributed by atoms with Gasteiger partial charge in [-0.3, -0.25) is 0 Å². The molecule has 0 aromatic heterocycles. The summed E-state index contributed by atoms with van der Waals surface area (Å²) in [5.41, 5.74) is 1.65. The normalized spacial score (nSPS) is 16.8. The van der Waals surface area contributed by atoms with E-state index in [4.69, 9.17) is 8.83 Å². The molecule has 1 aliphatic carbocycles. The average molecular weight is 360 g/mol. The van der Waals surface area contributed by atoms with E-state index in [0.29, 0.717) is 18.3 Å². The van der Waals surface area contributed by atoms with Crippen molar-refractivity contribution in [3.8, 4) is 0 Å². The molecule has 0 amide bonds. The molecule has 2 rings (SSSR count). The minimum absolute atomic E-state index is 0.323. The van der Waals surface area contributed by atoms with E-state index in [0.717, 1.165) is 24.0 Å². The van der Waals surface area contributed by atoms with Gasteiger partial charge in [0.2, 0.25) is 0 Å². The van der Waals surface area contributed by atoms with Gasteiger partial charge in [-0.05, 0) is 0 Å². The first-order chi connectivity index (χ1) is 10.6. The van der Waals surface area contributed by atoms with Gasteiger partial charge < -0.3 is 0 Å². The number of rotatable bonds is 6. The Kier molecular flexibility index (Phi) is 5.55. The maximum atomic E-state index is 10.7. The fourth-order valence-electron chi connectivity index (χ4n) is 2.46. The molecule has 3 N–H and O–H groups in total. The molecule has 5 nitrogen and oxygen atoms in total. The van der Waals surface area contributed by atoms with Gasteiger partial charge in [0.05, 0.1) is 0 Å². The van der Waals surface area contributed by atoms with Crippen LogP contribution in [-0.4, -0.2) is 39.9 Å². The van der Waals surface area contributed by atoms with Gasteiger partial charge in [-0.1, -0.05) is 0 Å². The summed E-state index contributed by atoms with van der Waals surface area (Å²) < 4.78 is 11.0. The summed E-state index contributed by atoms with van der Waals surface area (Å²) in [7, 11) is -7.99. The number of benzene rings is 1. The molecule has 0 radical (unpaired) electrons. The van der Waals surface area contributed by atoms with Gasteiger partial charge in [-0.25, -0.2) is 0 Å². The third-order valence-corrected chi connectivity index (χ3v) is 8.36. The second-order valence-electron chi connectivity index (χ2n) is 6.27. The zero-order valence-electron chi connectivity index (χ0n) is 13.8. The molecule has 0 aliphatic heterocycles. The number of hydrogen-bond acceptors (Lipinski definition) is 5. The Morgan fingerprint density at radius 3 is 2.61 bits per heavy atom. The van der Waals surface area contributed by atoms with Crippen molar-refractivity contribution in [3.05, 3.63) is 41.5 Å². The molecule has 1 aromatic rings. The molecule has 7 heteroatoms. The molecule has 0 unspecified atom stereocenters. The van der Waals surface area contributed by atoms with Crippen LogP contribution >= 0.6 is 14.9 Å². The molecule has 1 aliphatic rings. The standard InChI is InChI=1S/C16H26O5P2/c1-4-5-13-20-23(2,3,19)21-22(17,18)16-12-8-10-14-9-6-7-11-15(14)16/h6-11,17-19H,4-5,12-13H2,1-3H3. The van der Waals surface area contributed by atoms with Crippen LogP contribution in [0.5, 0.6) is 0 Å². The molecule has 23 heavy (non-hydrogen) atoms. The van der Waals surface area contributed by atoms with Crippen LogP contribution in [0.25, 0.3) is 6.08 Å². The van der Waals surface area contributed by atoms with Crippen LogP contribution in [0.2, 0.25) is 0 Å². The second-order valence-corrected chi connectivity index (χ2v) is 12.4. The monoisotopic (exact) mass is 360 g/mol. The molecule has 0 saturated carbocycles. The van der Waals surface area contributed by atoms with E-state index in [2.05, 4.69) is 0 Å². The Labute approximate surface area is 138 Å². The van der Waals surface area contributed by atoms with E-state index in [1.165, 1.54) is 13.3 Å². The van der Waals surface area contributed by atoms with E-state index < -0.39 is 14.9 Å². The molecule has 0 bridgehead atoms. The number of allylic oxidation sites excluding steroid dienone is 1. The van der Waals surface area contributed by atoms with Gasteiger partial charge >= 0.3 is 137 Å². The summed E-state index contributed by atoms with van der Waals surface area (Å²) in [5, 5.41) is 0.404. The van der Waals surface area contributed by atoms with Gasteiger partial charge in [0.15, 0.2) is 0 Å². The Balaban J connectivity index is 2.36. The first-order valence-corrected chi connectivity index (χ1v) is 12.3. The molecule has 0 saturated heterocycles. The van der Waals surface area contributed by atoms with E-state index in [1.807, 2.05) is 43.3 Å². The van der Waals surface area contributed by atoms with Gasteiger partial charge in [-0.15, -0.1) is 0 Å². The second kappa shape index (κ2) is 6.78. The van der Waals surface area contributed by atoms with Crippen LogP contribution in [0.3, 0.4) is 0 Å². The summed E-state index contributed by atoms with van der Waals surface area (Å²) in [4.78, 5) is 31.9. The third-order valence-electron chi connectivity index (χ3n) is 3.54. The van der Waals surface area contributed by atoms with E-state index in [-0.39, 0.29) is 0 Å². The fourth-order valence-corrected chi connectivity index (χ4v) is 7.15. The van der Waals surface area contributed by atoms with Crippen LogP contribution < -0.4 is 0 Å². The van der Waals surface area contributed by atoms with Crippen LogP contribution in [0.15, 0.2) is 30.3 Å². The van der Waals surface area contributed by atoms with Gasteiger partial charge in [0.1, 0.15) is 0 Å². The number of unbranched alkanes of at least 4 members (excludes halogenated alkanes) is 1. The zero-order chi connectivity index (χ0) is 17.2. The SMILES string of the molecule is CCCCOP(C)(C)(O)OP(O)(O)=C1CC=Cc2ccccc21. The van der Waals surface area contributed by atoms with Crippen molar-refractivity contribution in [3.63, 3.8) is 0 Å². The van der Waals surface area contributed by atoms with E-state index in [1.54, 1.807) is 0 Å². The summed E-state index contributed by atoms with van der Waals surface area (Å²) in [6, 6.07) is 7.46. The molecule has 1 aromatic carbocycles. The van der Waals surface area contributed by atoms with Gasteiger partial charge in [0.25, 0.3) is 0 Å². The predicted octanol–water partition coefficient (Wildman–Crippen LogP) is 3.75. The summed E-state index contributed by atoms with van der Waals surface area (Å²) in [5.74, 6) is 0. The Hall–Kier alpha value is -0.510.